The fourth-order valence-electron chi connectivity index (χ4n) is 2.29. The standard InChI is InChI=1S/C16H15N5O2/c1-2-3-4-16-19-14(9-17)15(10-18)20(16)11-12-5-7-13(8-6-12)21(22)23/h5-8H,2-4,11H2,1H3. The van der Waals surface area contributed by atoms with E-state index < -0.39 is 4.92 Å². The average molecular weight is 309 g/mol. The van der Waals surface area contributed by atoms with Crippen LogP contribution >= 0.6 is 0 Å². The largest absolute Gasteiger partial charge is 0.314 e. The fourth-order valence-corrected chi connectivity index (χ4v) is 2.29. The number of nitrogens with zero attached hydrogens (tertiary/aromatic N) is 5. The SMILES string of the molecule is CCCCc1nc(C#N)c(C#N)n1Cc1ccc([N+](=O)[O-])cc1. The Balaban J connectivity index is 2.37. The molecule has 2 aromatic rings. The number of nitriles is 2. The molecule has 0 aliphatic carbocycles. The van der Waals surface area contributed by atoms with Gasteiger partial charge in [0.1, 0.15) is 18.0 Å². The summed E-state index contributed by atoms with van der Waals surface area (Å²) in [6, 6.07) is 10.1. The van der Waals surface area contributed by atoms with Gasteiger partial charge in [0.15, 0.2) is 11.4 Å². The zero-order chi connectivity index (χ0) is 16.8. The van der Waals surface area contributed by atoms with E-state index >= 15 is 0 Å². The first-order valence-corrected chi connectivity index (χ1v) is 7.23. The highest BCUT2D eigenvalue weighted by molar-refractivity contribution is 5.39. The lowest BCUT2D eigenvalue weighted by molar-refractivity contribution is -0.384. The van der Waals surface area contributed by atoms with Crippen LogP contribution in [0, 0.1) is 32.8 Å². The van der Waals surface area contributed by atoms with Crippen LogP contribution in [0.2, 0.25) is 0 Å². The van der Waals surface area contributed by atoms with Gasteiger partial charge in [-0.2, -0.15) is 10.5 Å². The van der Waals surface area contributed by atoms with E-state index in [4.69, 9.17) is 5.26 Å². The maximum atomic E-state index is 10.7. The zero-order valence-electron chi connectivity index (χ0n) is 12.7. The van der Waals surface area contributed by atoms with Crippen molar-refractivity contribution in [2.45, 2.75) is 32.7 Å². The highest BCUT2D eigenvalue weighted by Crippen LogP contribution is 2.18. The lowest BCUT2D eigenvalue weighted by atomic mass is 10.2. The second-order valence-corrected chi connectivity index (χ2v) is 5.06. The Hall–Kier alpha value is -3.19. The molecule has 0 spiro atoms. The monoisotopic (exact) mass is 309 g/mol. The maximum Gasteiger partial charge on any atom is 0.269 e. The summed E-state index contributed by atoms with van der Waals surface area (Å²) in [5.41, 5.74) is 1.19. The van der Waals surface area contributed by atoms with E-state index in [2.05, 4.69) is 11.9 Å². The first kappa shape index (κ1) is 16.2. The summed E-state index contributed by atoms with van der Waals surface area (Å²) in [5.74, 6) is 0.693. The van der Waals surface area contributed by atoms with Crippen LogP contribution in [-0.4, -0.2) is 14.5 Å². The molecule has 0 N–H and O–H groups in total. The number of hydrogen-bond acceptors (Lipinski definition) is 5. The second kappa shape index (κ2) is 7.19. The number of aryl methyl sites for hydroxylation is 1. The molecule has 0 aliphatic heterocycles. The molecule has 2 rings (SSSR count). The Labute approximate surface area is 133 Å². The van der Waals surface area contributed by atoms with Gasteiger partial charge in [-0.05, 0) is 12.0 Å². The van der Waals surface area contributed by atoms with Gasteiger partial charge in [-0.15, -0.1) is 0 Å². The smallest absolute Gasteiger partial charge is 0.269 e. The van der Waals surface area contributed by atoms with E-state index in [1.807, 2.05) is 12.1 Å². The van der Waals surface area contributed by atoms with Gasteiger partial charge in [-0.3, -0.25) is 10.1 Å². The fraction of sp³-hybridized carbons (Fsp3) is 0.312. The summed E-state index contributed by atoms with van der Waals surface area (Å²) in [5, 5.41) is 29.1. The third-order valence-corrected chi connectivity index (χ3v) is 3.50. The Bertz CT molecular complexity index is 794. The van der Waals surface area contributed by atoms with E-state index in [9.17, 15) is 15.4 Å². The molecule has 7 heteroatoms. The van der Waals surface area contributed by atoms with E-state index in [0.717, 1.165) is 18.4 Å². The lowest BCUT2D eigenvalue weighted by Gasteiger charge is -2.09. The van der Waals surface area contributed by atoms with Crippen molar-refractivity contribution in [3.63, 3.8) is 0 Å². The van der Waals surface area contributed by atoms with Crippen molar-refractivity contribution in [3.05, 3.63) is 57.2 Å². The lowest BCUT2D eigenvalue weighted by Crippen LogP contribution is -2.07. The number of rotatable bonds is 6. The van der Waals surface area contributed by atoms with Crippen LogP contribution < -0.4 is 0 Å². The first-order chi connectivity index (χ1) is 11.1. The first-order valence-electron chi connectivity index (χ1n) is 7.23. The van der Waals surface area contributed by atoms with Gasteiger partial charge >= 0.3 is 0 Å². The van der Waals surface area contributed by atoms with Crippen molar-refractivity contribution < 1.29 is 4.92 Å². The molecule has 0 saturated heterocycles. The van der Waals surface area contributed by atoms with Crippen molar-refractivity contribution >= 4 is 5.69 Å². The van der Waals surface area contributed by atoms with Gasteiger partial charge in [-0.25, -0.2) is 4.98 Å². The molecule has 0 amide bonds. The van der Waals surface area contributed by atoms with Crippen LogP contribution in [0.3, 0.4) is 0 Å². The Morgan fingerprint density at radius 3 is 2.48 bits per heavy atom. The molecule has 0 atom stereocenters. The molecular weight excluding hydrogens is 294 g/mol. The summed E-state index contributed by atoms with van der Waals surface area (Å²) in [6.07, 6.45) is 2.57. The van der Waals surface area contributed by atoms with E-state index in [1.54, 1.807) is 16.7 Å². The van der Waals surface area contributed by atoms with Crippen LogP contribution in [0.1, 0.15) is 42.5 Å². The predicted molar refractivity (Wildman–Crippen MR) is 82.5 cm³/mol. The van der Waals surface area contributed by atoms with E-state index in [-0.39, 0.29) is 17.1 Å². The van der Waals surface area contributed by atoms with E-state index in [0.29, 0.717) is 18.8 Å². The highest BCUT2D eigenvalue weighted by Gasteiger charge is 2.17. The van der Waals surface area contributed by atoms with Crippen molar-refractivity contribution in [2.75, 3.05) is 0 Å². The molecule has 7 nitrogen and oxygen atoms in total. The summed E-state index contributed by atoms with van der Waals surface area (Å²) in [4.78, 5) is 14.5. The van der Waals surface area contributed by atoms with Crippen LogP contribution in [0.25, 0.3) is 0 Å². The Morgan fingerprint density at radius 2 is 1.96 bits per heavy atom. The number of imidazole rings is 1. The Morgan fingerprint density at radius 1 is 1.26 bits per heavy atom. The summed E-state index contributed by atoms with van der Waals surface area (Å²) < 4.78 is 1.72. The number of aromatic nitrogens is 2. The second-order valence-electron chi connectivity index (χ2n) is 5.06. The molecule has 0 bridgehead atoms. The third kappa shape index (κ3) is 3.53. The molecule has 23 heavy (non-hydrogen) atoms. The normalized spacial score (nSPS) is 10.0. The van der Waals surface area contributed by atoms with Crippen molar-refractivity contribution in [2.24, 2.45) is 0 Å². The van der Waals surface area contributed by atoms with Crippen molar-refractivity contribution in [3.8, 4) is 12.1 Å². The molecule has 0 unspecified atom stereocenters. The zero-order valence-corrected chi connectivity index (χ0v) is 12.7. The summed E-state index contributed by atoms with van der Waals surface area (Å²) in [7, 11) is 0. The van der Waals surface area contributed by atoms with Gasteiger partial charge in [0.25, 0.3) is 5.69 Å². The molecule has 0 aliphatic rings. The molecule has 0 radical (unpaired) electrons. The van der Waals surface area contributed by atoms with Gasteiger partial charge in [0.05, 0.1) is 11.5 Å². The molecular formula is C16H15N5O2. The maximum absolute atomic E-state index is 10.7. The van der Waals surface area contributed by atoms with Crippen molar-refractivity contribution in [1.82, 2.24) is 9.55 Å². The van der Waals surface area contributed by atoms with Crippen LogP contribution in [0.4, 0.5) is 5.69 Å². The molecule has 1 heterocycles. The Kier molecular flexibility index (Phi) is 5.06. The molecule has 1 aromatic carbocycles. The molecule has 0 saturated carbocycles. The molecule has 116 valence electrons. The van der Waals surface area contributed by atoms with Gasteiger partial charge in [0.2, 0.25) is 0 Å². The molecule has 1 aromatic heterocycles. The minimum absolute atomic E-state index is 0.0174. The van der Waals surface area contributed by atoms with Crippen LogP contribution in [0.5, 0.6) is 0 Å². The van der Waals surface area contributed by atoms with Gasteiger partial charge in [-0.1, -0.05) is 25.5 Å². The number of unbranched alkanes of at least 4 members (excludes halogenated alkanes) is 1. The number of non-ortho nitro benzene ring substituents is 1. The average Bonchev–Trinajstić information content (AvgIpc) is 2.90. The van der Waals surface area contributed by atoms with Crippen LogP contribution in [-0.2, 0) is 13.0 Å². The highest BCUT2D eigenvalue weighted by atomic mass is 16.6. The van der Waals surface area contributed by atoms with E-state index in [1.165, 1.54) is 12.1 Å². The van der Waals surface area contributed by atoms with Crippen LogP contribution in [0.15, 0.2) is 24.3 Å². The van der Waals surface area contributed by atoms with Gasteiger partial charge in [0, 0.05) is 18.6 Å². The van der Waals surface area contributed by atoms with Gasteiger partial charge < -0.3 is 4.57 Å². The minimum atomic E-state index is -0.456. The molecule has 0 fully saturated rings. The number of nitro benzene ring substituents is 1. The predicted octanol–water partition coefficient (Wildman–Crippen LogP) is 2.93. The number of hydrogen-bond donors (Lipinski definition) is 0. The quantitative estimate of drug-likeness (QED) is 0.602. The third-order valence-electron chi connectivity index (χ3n) is 3.50. The topological polar surface area (TPSA) is 109 Å². The minimum Gasteiger partial charge on any atom is -0.314 e. The number of nitro groups is 1. The summed E-state index contributed by atoms with van der Waals surface area (Å²) >= 11 is 0. The number of benzene rings is 1. The summed E-state index contributed by atoms with van der Waals surface area (Å²) in [6.45, 7) is 2.41. The van der Waals surface area contributed by atoms with Crippen molar-refractivity contribution in [1.29, 1.82) is 10.5 Å².